The van der Waals surface area contributed by atoms with E-state index in [9.17, 15) is 19.5 Å². The van der Waals surface area contributed by atoms with Crippen LogP contribution in [0.2, 0.25) is 0 Å². The largest absolute Gasteiger partial charge is 0.481 e. The van der Waals surface area contributed by atoms with Gasteiger partial charge in [0.1, 0.15) is 6.04 Å². The first-order valence-electron chi connectivity index (χ1n) is 13.2. The number of benzene rings is 2. The highest BCUT2D eigenvalue weighted by atomic mass is 16.4. The minimum Gasteiger partial charge on any atom is -0.481 e. The van der Waals surface area contributed by atoms with Crippen molar-refractivity contribution in [3.05, 3.63) is 65.2 Å². The van der Waals surface area contributed by atoms with E-state index in [0.717, 1.165) is 30.6 Å². The van der Waals surface area contributed by atoms with Crippen LogP contribution < -0.4 is 5.32 Å². The molecule has 0 bridgehead atoms. The minimum atomic E-state index is -1.04. The van der Waals surface area contributed by atoms with Gasteiger partial charge in [0.2, 0.25) is 5.91 Å². The van der Waals surface area contributed by atoms with E-state index in [1.807, 2.05) is 49.5 Å². The average molecular weight is 507 g/mol. The number of hydrogen-bond acceptors (Lipinski definition) is 5. The molecule has 2 aromatic rings. The van der Waals surface area contributed by atoms with Crippen molar-refractivity contribution < 1.29 is 19.5 Å². The highest BCUT2D eigenvalue weighted by Gasteiger charge is 2.31. The quantitative estimate of drug-likeness (QED) is 0.542. The van der Waals surface area contributed by atoms with Gasteiger partial charge in [-0.05, 0) is 75.0 Å². The van der Waals surface area contributed by atoms with Gasteiger partial charge in [-0.15, -0.1) is 0 Å². The number of hydrogen-bond donors (Lipinski definition) is 2. The van der Waals surface area contributed by atoms with E-state index in [1.165, 1.54) is 12.8 Å². The molecule has 198 valence electrons. The first-order chi connectivity index (χ1) is 17.8. The lowest BCUT2D eigenvalue weighted by Crippen LogP contribution is -2.42. The normalized spacial score (nSPS) is 18.6. The maximum atomic E-state index is 13.3. The fourth-order valence-electron chi connectivity index (χ4n) is 5.19. The number of aliphatic carboxylic acids is 1. The Balaban J connectivity index is 1.46. The van der Waals surface area contributed by atoms with Gasteiger partial charge in [-0.3, -0.25) is 14.4 Å². The van der Waals surface area contributed by atoms with Crippen LogP contribution in [-0.4, -0.2) is 83.9 Å². The van der Waals surface area contributed by atoms with E-state index in [0.29, 0.717) is 43.2 Å². The van der Waals surface area contributed by atoms with Gasteiger partial charge in [-0.2, -0.15) is 0 Å². The van der Waals surface area contributed by atoms with Crippen molar-refractivity contribution in [1.82, 2.24) is 14.7 Å². The topological polar surface area (TPSA) is 93.2 Å². The molecule has 1 atom stereocenters. The average Bonchev–Trinajstić information content (AvgIpc) is 3.02. The standard InChI is InChI=1S/C29H38N4O4/c1-31-14-10-22(11-15-31)12-16-32(2)28(36)23-8-9-24-20-33(17-13-21-6-4-3-5-7-21)29(37)26(19-27(34)35)30-25(24)18-23/h3-9,18,22,26,30H,10-17,19-20H2,1-2H3,(H,34,35)/t26-/m1/s1. The molecule has 0 saturated carbocycles. The summed E-state index contributed by atoms with van der Waals surface area (Å²) in [6.07, 6.45) is 3.68. The van der Waals surface area contributed by atoms with Gasteiger partial charge in [0.25, 0.3) is 5.91 Å². The molecule has 8 heteroatoms. The summed E-state index contributed by atoms with van der Waals surface area (Å²) in [5.74, 6) is -0.704. The van der Waals surface area contributed by atoms with Crippen molar-refractivity contribution in [3.8, 4) is 0 Å². The van der Waals surface area contributed by atoms with Gasteiger partial charge in [0.05, 0.1) is 6.42 Å². The number of rotatable bonds is 9. The molecule has 37 heavy (non-hydrogen) atoms. The van der Waals surface area contributed by atoms with Crippen LogP contribution in [0.1, 0.15) is 47.2 Å². The molecule has 0 unspecified atom stereocenters. The summed E-state index contributed by atoms with van der Waals surface area (Å²) in [7, 11) is 3.98. The van der Waals surface area contributed by atoms with Crippen molar-refractivity contribution in [3.63, 3.8) is 0 Å². The third-order valence-corrected chi connectivity index (χ3v) is 7.61. The summed E-state index contributed by atoms with van der Waals surface area (Å²) in [6.45, 7) is 3.77. The number of nitrogens with one attached hydrogen (secondary N) is 1. The molecule has 2 heterocycles. The minimum absolute atomic E-state index is 0.0659. The number of amides is 2. The third-order valence-electron chi connectivity index (χ3n) is 7.61. The van der Waals surface area contributed by atoms with E-state index < -0.39 is 12.0 Å². The van der Waals surface area contributed by atoms with Crippen LogP contribution in [0.5, 0.6) is 0 Å². The van der Waals surface area contributed by atoms with Crippen LogP contribution in [0.4, 0.5) is 5.69 Å². The number of anilines is 1. The first-order valence-corrected chi connectivity index (χ1v) is 13.2. The second-order valence-electron chi connectivity index (χ2n) is 10.4. The number of likely N-dealkylation sites (tertiary alicyclic amines) is 1. The van der Waals surface area contributed by atoms with Crippen molar-refractivity contribution in [2.75, 3.05) is 45.6 Å². The van der Waals surface area contributed by atoms with Gasteiger partial charge >= 0.3 is 5.97 Å². The fraction of sp³-hybridized carbons (Fsp3) is 0.483. The molecule has 2 aliphatic heterocycles. The van der Waals surface area contributed by atoms with Gasteiger partial charge in [-0.1, -0.05) is 36.4 Å². The van der Waals surface area contributed by atoms with Gasteiger partial charge in [0.15, 0.2) is 0 Å². The summed E-state index contributed by atoms with van der Waals surface area (Å²) in [5.41, 5.74) is 3.18. The maximum absolute atomic E-state index is 13.3. The van der Waals surface area contributed by atoms with Crippen LogP contribution in [-0.2, 0) is 22.6 Å². The zero-order valence-corrected chi connectivity index (χ0v) is 21.9. The van der Waals surface area contributed by atoms with E-state index in [-0.39, 0.29) is 18.2 Å². The SMILES string of the molecule is CN1CCC(CCN(C)C(=O)c2ccc3c(c2)N[C@H](CC(=O)O)C(=O)N(CCc2ccccc2)C3)CC1. The maximum Gasteiger partial charge on any atom is 0.305 e. The lowest BCUT2D eigenvalue weighted by Gasteiger charge is -2.30. The summed E-state index contributed by atoms with van der Waals surface area (Å²) in [6, 6.07) is 14.5. The third kappa shape index (κ3) is 7.10. The van der Waals surface area contributed by atoms with Gasteiger partial charge in [0, 0.05) is 37.9 Å². The molecule has 0 aliphatic carbocycles. The highest BCUT2D eigenvalue weighted by Crippen LogP contribution is 2.27. The molecule has 0 aromatic heterocycles. The summed E-state index contributed by atoms with van der Waals surface area (Å²) < 4.78 is 0. The van der Waals surface area contributed by atoms with E-state index in [4.69, 9.17) is 0 Å². The first kappa shape index (κ1) is 26.7. The number of carbonyl (C=O) groups excluding carboxylic acids is 2. The Morgan fingerprint density at radius 3 is 2.54 bits per heavy atom. The van der Waals surface area contributed by atoms with E-state index in [1.54, 1.807) is 15.9 Å². The van der Waals surface area contributed by atoms with Crippen LogP contribution in [0.3, 0.4) is 0 Å². The second kappa shape index (κ2) is 12.2. The Morgan fingerprint density at radius 1 is 1.11 bits per heavy atom. The Hall–Kier alpha value is -3.39. The predicted octanol–water partition coefficient (Wildman–Crippen LogP) is 3.33. The van der Waals surface area contributed by atoms with Crippen LogP contribution in [0.25, 0.3) is 0 Å². The molecular weight excluding hydrogens is 468 g/mol. The van der Waals surface area contributed by atoms with Crippen LogP contribution in [0.15, 0.2) is 48.5 Å². The van der Waals surface area contributed by atoms with Crippen molar-refractivity contribution in [2.24, 2.45) is 5.92 Å². The molecule has 1 saturated heterocycles. The molecule has 2 aliphatic rings. The molecule has 1 fully saturated rings. The zero-order valence-electron chi connectivity index (χ0n) is 21.9. The molecule has 2 amide bonds. The monoisotopic (exact) mass is 506 g/mol. The van der Waals surface area contributed by atoms with Crippen molar-refractivity contribution >= 4 is 23.5 Å². The fourth-order valence-corrected chi connectivity index (χ4v) is 5.19. The second-order valence-corrected chi connectivity index (χ2v) is 10.4. The van der Waals surface area contributed by atoms with Crippen LogP contribution >= 0.6 is 0 Å². The van der Waals surface area contributed by atoms with Crippen molar-refractivity contribution in [2.45, 2.75) is 44.7 Å². The Morgan fingerprint density at radius 2 is 1.84 bits per heavy atom. The van der Waals surface area contributed by atoms with Gasteiger partial charge in [-0.25, -0.2) is 0 Å². The number of fused-ring (bicyclic) bond motifs is 1. The lowest BCUT2D eigenvalue weighted by molar-refractivity contribution is -0.141. The Labute approximate surface area is 219 Å². The molecule has 8 nitrogen and oxygen atoms in total. The number of nitrogens with zero attached hydrogens (tertiary/aromatic N) is 3. The van der Waals surface area contributed by atoms with Crippen LogP contribution in [0, 0.1) is 5.92 Å². The Bertz CT molecular complexity index is 1100. The highest BCUT2D eigenvalue weighted by molar-refractivity contribution is 5.96. The molecule has 0 spiro atoms. The van der Waals surface area contributed by atoms with Gasteiger partial charge < -0.3 is 25.1 Å². The summed E-state index contributed by atoms with van der Waals surface area (Å²) >= 11 is 0. The predicted molar refractivity (Wildman–Crippen MR) is 143 cm³/mol. The number of piperidine rings is 1. The molecule has 4 rings (SSSR count). The van der Waals surface area contributed by atoms with E-state index in [2.05, 4.69) is 17.3 Å². The van der Waals surface area contributed by atoms with E-state index >= 15 is 0 Å². The lowest BCUT2D eigenvalue weighted by atomic mass is 9.93. The molecule has 2 aromatic carbocycles. The number of carboxylic acid groups (broad SMARTS) is 1. The molecule has 0 radical (unpaired) electrons. The zero-order chi connectivity index (χ0) is 26.4. The number of carboxylic acids is 1. The summed E-state index contributed by atoms with van der Waals surface area (Å²) in [4.78, 5) is 43.8. The summed E-state index contributed by atoms with van der Waals surface area (Å²) in [5, 5.41) is 12.6. The molecular formula is C29H38N4O4. The Kier molecular flexibility index (Phi) is 8.82. The smallest absolute Gasteiger partial charge is 0.305 e. The number of carbonyl (C=O) groups is 3. The van der Waals surface area contributed by atoms with Crippen molar-refractivity contribution in [1.29, 1.82) is 0 Å². The molecule has 2 N–H and O–H groups in total.